The van der Waals surface area contributed by atoms with E-state index in [0.717, 1.165) is 34.4 Å². The Morgan fingerprint density at radius 1 is 0.789 bits per heavy atom. The molecular weight excluding hydrogens is 476 g/mol. The van der Waals surface area contributed by atoms with Crippen LogP contribution in [0.4, 0.5) is 0 Å². The van der Waals surface area contributed by atoms with Gasteiger partial charge in [-0.1, -0.05) is 43.3 Å². The van der Waals surface area contributed by atoms with Gasteiger partial charge in [0.15, 0.2) is 0 Å². The fourth-order valence-corrected chi connectivity index (χ4v) is 4.26. The summed E-state index contributed by atoms with van der Waals surface area (Å²) in [7, 11) is 1.71. The molecule has 0 saturated heterocycles. The first-order valence-electron chi connectivity index (χ1n) is 12.8. The second-order valence-electron chi connectivity index (χ2n) is 9.70. The molecule has 0 amide bonds. The Balaban J connectivity index is 1.38. The molecule has 2 atom stereocenters. The van der Waals surface area contributed by atoms with E-state index in [1.54, 1.807) is 37.4 Å². The monoisotopic (exact) mass is 510 g/mol. The lowest BCUT2D eigenvalue weighted by molar-refractivity contribution is 0.0733. The van der Waals surface area contributed by atoms with E-state index in [1.165, 1.54) is 5.56 Å². The molecule has 0 aliphatic heterocycles. The Morgan fingerprint density at radius 2 is 1.37 bits per heavy atom. The van der Waals surface area contributed by atoms with E-state index in [1.807, 2.05) is 75.4 Å². The summed E-state index contributed by atoms with van der Waals surface area (Å²) in [5.41, 5.74) is 5.56. The largest absolute Gasteiger partial charge is 0.508 e. The van der Waals surface area contributed by atoms with Gasteiger partial charge >= 0.3 is 5.97 Å². The van der Waals surface area contributed by atoms with Crippen LogP contribution in [0.3, 0.4) is 0 Å². The van der Waals surface area contributed by atoms with Gasteiger partial charge < -0.3 is 19.3 Å². The second-order valence-corrected chi connectivity index (χ2v) is 9.70. The lowest BCUT2D eigenvalue weighted by Crippen LogP contribution is -2.09. The zero-order valence-electron chi connectivity index (χ0n) is 22.5. The van der Waals surface area contributed by atoms with Crippen LogP contribution in [0, 0.1) is 13.8 Å². The minimum atomic E-state index is -0.425. The van der Waals surface area contributed by atoms with Gasteiger partial charge in [-0.05, 0) is 104 Å². The maximum absolute atomic E-state index is 12.8. The first-order valence-corrected chi connectivity index (χ1v) is 12.8. The molecule has 0 saturated carbocycles. The topological polar surface area (TPSA) is 65.0 Å². The molecule has 0 aromatic heterocycles. The van der Waals surface area contributed by atoms with E-state index in [4.69, 9.17) is 14.2 Å². The number of phenols is 1. The van der Waals surface area contributed by atoms with Crippen molar-refractivity contribution in [3.8, 4) is 23.0 Å². The molecule has 0 heterocycles. The normalized spacial score (nSPS) is 12.6. The molecule has 5 heteroatoms. The fraction of sp³-hybridized carbons (Fsp3) is 0.242. The summed E-state index contributed by atoms with van der Waals surface area (Å²) < 4.78 is 16.9. The summed E-state index contributed by atoms with van der Waals surface area (Å²) in [6, 6.07) is 26.3. The van der Waals surface area contributed by atoms with Crippen LogP contribution >= 0.6 is 0 Å². The van der Waals surface area contributed by atoms with Crippen LogP contribution in [-0.2, 0) is 11.2 Å². The molecule has 4 aromatic rings. The molecular formula is C33H34O5. The van der Waals surface area contributed by atoms with Crippen molar-refractivity contribution in [2.24, 2.45) is 0 Å². The highest BCUT2D eigenvalue weighted by molar-refractivity contribution is 5.91. The van der Waals surface area contributed by atoms with Crippen molar-refractivity contribution < 1.29 is 24.1 Å². The smallest absolute Gasteiger partial charge is 0.343 e. The molecule has 1 N–H and O–H groups in total. The number of carbonyl (C=O) groups is 1. The molecule has 4 aromatic carbocycles. The third-order valence-corrected chi connectivity index (χ3v) is 6.80. The van der Waals surface area contributed by atoms with Crippen molar-refractivity contribution in [1.82, 2.24) is 0 Å². The van der Waals surface area contributed by atoms with E-state index >= 15 is 0 Å². The first kappa shape index (κ1) is 27.0. The Hall–Kier alpha value is -4.09. The van der Waals surface area contributed by atoms with E-state index in [9.17, 15) is 9.90 Å². The van der Waals surface area contributed by atoms with Gasteiger partial charge in [0.2, 0.25) is 0 Å². The van der Waals surface area contributed by atoms with E-state index in [2.05, 4.69) is 6.92 Å². The summed E-state index contributed by atoms with van der Waals surface area (Å²) in [6.07, 6.45) is 1.00. The van der Waals surface area contributed by atoms with Crippen molar-refractivity contribution >= 4 is 5.97 Å². The number of esters is 1. The lowest BCUT2D eigenvalue weighted by Gasteiger charge is -2.16. The van der Waals surface area contributed by atoms with Crippen LogP contribution in [0.25, 0.3) is 0 Å². The number of hydrogen-bond donors (Lipinski definition) is 1. The maximum atomic E-state index is 12.8. The van der Waals surface area contributed by atoms with Gasteiger partial charge in [-0.2, -0.15) is 0 Å². The average Bonchev–Trinajstić information content (AvgIpc) is 2.92. The van der Waals surface area contributed by atoms with Gasteiger partial charge in [0, 0.05) is 13.0 Å². The number of phenolic OH excluding ortho intramolecular Hbond substituents is 1. The van der Waals surface area contributed by atoms with Crippen molar-refractivity contribution in [2.75, 3.05) is 7.11 Å². The quantitative estimate of drug-likeness (QED) is 0.184. The standard InChI is InChI=1S/C33H34O5/c1-21-18-27(10-16-31(21)34)24(4)28-11-17-32(22(2)19-28)38-33(35)26-8-14-30(15-9-26)37-29-12-6-25(7-13-29)20-23(3)36-5/h6-19,23-24,34H,20H2,1-5H3. The van der Waals surface area contributed by atoms with E-state index in [-0.39, 0.29) is 12.0 Å². The minimum absolute atomic E-state index is 0.135. The summed E-state index contributed by atoms with van der Waals surface area (Å²) in [4.78, 5) is 12.8. The average molecular weight is 511 g/mol. The molecule has 0 aliphatic carbocycles. The second kappa shape index (κ2) is 12.0. The molecule has 5 nitrogen and oxygen atoms in total. The molecule has 0 fully saturated rings. The molecule has 0 bridgehead atoms. The SMILES string of the molecule is COC(C)Cc1ccc(Oc2ccc(C(=O)Oc3ccc(C(C)c4ccc(O)c(C)c4)cc3C)cc2)cc1. The van der Waals surface area contributed by atoms with Crippen molar-refractivity contribution in [3.63, 3.8) is 0 Å². The first-order chi connectivity index (χ1) is 18.2. The number of aryl methyl sites for hydroxylation is 2. The lowest BCUT2D eigenvalue weighted by atomic mass is 9.91. The Morgan fingerprint density at radius 3 is 1.95 bits per heavy atom. The number of rotatable bonds is 9. The molecule has 0 aliphatic rings. The van der Waals surface area contributed by atoms with Gasteiger partial charge in [0.1, 0.15) is 23.0 Å². The van der Waals surface area contributed by atoms with Crippen LogP contribution in [0.15, 0.2) is 84.9 Å². The van der Waals surface area contributed by atoms with Crippen molar-refractivity contribution in [1.29, 1.82) is 0 Å². The summed E-state index contributed by atoms with van der Waals surface area (Å²) in [5, 5.41) is 9.82. The molecule has 38 heavy (non-hydrogen) atoms. The van der Waals surface area contributed by atoms with Gasteiger partial charge in [-0.25, -0.2) is 4.79 Å². The summed E-state index contributed by atoms with van der Waals surface area (Å²) >= 11 is 0. The number of carbonyl (C=O) groups excluding carboxylic acids is 1. The Labute approximate surface area is 224 Å². The van der Waals surface area contributed by atoms with Gasteiger partial charge in [-0.15, -0.1) is 0 Å². The van der Waals surface area contributed by atoms with E-state index < -0.39 is 5.97 Å². The highest BCUT2D eigenvalue weighted by atomic mass is 16.5. The van der Waals surface area contributed by atoms with Gasteiger partial charge in [0.25, 0.3) is 0 Å². The summed E-state index contributed by atoms with van der Waals surface area (Å²) in [5.74, 6) is 1.89. The molecule has 0 spiro atoms. The predicted molar refractivity (Wildman–Crippen MR) is 150 cm³/mol. The predicted octanol–water partition coefficient (Wildman–Crippen LogP) is 7.75. The number of methoxy groups -OCH3 is 1. The molecule has 0 radical (unpaired) electrons. The number of benzene rings is 4. The molecule has 196 valence electrons. The summed E-state index contributed by atoms with van der Waals surface area (Å²) in [6.45, 7) is 7.97. The van der Waals surface area contributed by atoms with Crippen LogP contribution in [0.2, 0.25) is 0 Å². The van der Waals surface area contributed by atoms with Gasteiger partial charge in [0.05, 0.1) is 11.7 Å². The zero-order valence-corrected chi connectivity index (χ0v) is 22.5. The Kier molecular flexibility index (Phi) is 8.49. The number of hydrogen-bond acceptors (Lipinski definition) is 5. The fourth-order valence-electron chi connectivity index (χ4n) is 4.26. The van der Waals surface area contributed by atoms with Crippen LogP contribution in [-0.4, -0.2) is 24.3 Å². The third kappa shape index (κ3) is 6.61. The number of aromatic hydroxyl groups is 1. The number of ether oxygens (including phenoxy) is 3. The molecule has 2 unspecified atom stereocenters. The third-order valence-electron chi connectivity index (χ3n) is 6.80. The highest BCUT2D eigenvalue weighted by Gasteiger charge is 2.15. The molecule has 4 rings (SSSR count). The highest BCUT2D eigenvalue weighted by Crippen LogP contribution is 2.31. The van der Waals surface area contributed by atoms with Gasteiger partial charge in [-0.3, -0.25) is 0 Å². The van der Waals surface area contributed by atoms with Crippen molar-refractivity contribution in [2.45, 2.75) is 46.1 Å². The minimum Gasteiger partial charge on any atom is -0.508 e. The van der Waals surface area contributed by atoms with Crippen LogP contribution in [0.1, 0.15) is 57.9 Å². The maximum Gasteiger partial charge on any atom is 0.343 e. The van der Waals surface area contributed by atoms with Crippen LogP contribution in [0.5, 0.6) is 23.0 Å². The van der Waals surface area contributed by atoms with Crippen molar-refractivity contribution in [3.05, 3.63) is 118 Å². The Bertz CT molecular complexity index is 1390. The van der Waals surface area contributed by atoms with E-state index in [0.29, 0.717) is 22.8 Å². The zero-order chi connectivity index (χ0) is 27.2. The van der Waals surface area contributed by atoms with Crippen LogP contribution < -0.4 is 9.47 Å².